The van der Waals surface area contributed by atoms with Gasteiger partial charge in [-0.15, -0.1) is 0 Å². The molecule has 0 spiro atoms. The maximum Gasteiger partial charge on any atom is 0.319 e. The van der Waals surface area contributed by atoms with Crippen LogP contribution in [0.3, 0.4) is 0 Å². The van der Waals surface area contributed by atoms with Gasteiger partial charge in [-0.05, 0) is 49.4 Å². The number of carbonyl (C=O) groups is 1. The van der Waals surface area contributed by atoms with E-state index in [9.17, 15) is 4.79 Å². The molecule has 5 heteroatoms. The van der Waals surface area contributed by atoms with E-state index in [4.69, 9.17) is 11.6 Å². The molecule has 1 fully saturated rings. The van der Waals surface area contributed by atoms with Crippen molar-refractivity contribution >= 4 is 23.3 Å². The lowest BCUT2D eigenvalue weighted by Gasteiger charge is -2.34. The van der Waals surface area contributed by atoms with Gasteiger partial charge in [0, 0.05) is 30.3 Å². The average Bonchev–Trinajstić information content (AvgIpc) is 2.42. The molecule has 0 bridgehead atoms. The molecule has 0 aliphatic carbocycles. The van der Waals surface area contributed by atoms with Crippen LogP contribution in [0.15, 0.2) is 24.3 Å². The molecule has 0 aromatic heterocycles. The van der Waals surface area contributed by atoms with Crippen molar-refractivity contribution < 1.29 is 4.79 Å². The second kappa shape index (κ2) is 8.39. The van der Waals surface area contributed by atoms with Gasteiger partial charge in [0.15, 0.2) is 0 Å². The first-order valence-electron chi connectivity index (χ1n) is 8.05. The molecule has 1 saturated heterocycles. The van der Waals surface area contributed by atoms with E-state index < -0.39 is 0 Å². The lowest BCUT2D eigenvalue weighted by molar-refractivity contribution is 0.140. The summed E-state index contributed by atoms with van der Waals surface area (Å²) in [6, 6.07) is 6.98. The second-order valence-electron chi connectivity index (χ2n) is 6.45. The van der Waals surface area contributed by atoms with Gasteiger partial charge in [-0.25, -0.2) is 4.79 Å². The van der Waals surface area contributed by atoms with Crippen LogP contribution in [0.1, 0.15) is 26.7 Å². The molecule has 1 aromatic carbocycles. The van der Waals surface area contributed by atoms with Crippen LogP contribution in [-0.4, -0.2) is 37.1 Å². The van der Waals surface area contributed by atoms with Gasteiger partial charge in [-0.1, -0.05) is 31.5 Å². The number of hydrogen-bond acceptors (Lipinski definition) is 2. The lowest BCUT2D eigenvalue weighted by atomic mass is 9.92. The fourth-order valence-corrected chi connectivity index (χ4v) is 3.41. The summed E-state index contributed by atoms with van der Waals surface area (Å²) in [5.74, 6) is 1.56. The van der Waals surface area contributed by atoms with E-state index >= 15 is 0 Å². The molecule has 1 aromatic rings. The minimum absolute atomic E-state index is 0.178. The smallest absolute Gasteiger partial charge is 0.319 e. The standard InChI is InChI=1S/C17H26ClN3O/c1-13-9-14(2)12-21(11-13)8-4-7-19-17(22)20-16-6-3-5-15(18)10-16/h3,5-6,10,13-14H,4,7-9,11-12H2,1-2H3,(H2,19,20,22)/t13-,14-/m1/s1. The second-order valence-corrected chi connectivity index (χ2v) is 6.89. The Hall–Kier alpha value is -1.26. The fourth-order valence-electron chi connectivity index (χ4n) is 3.22. The molecular formula is C17H26ClN3O. The summed E-state index contributed by atoms with van der Waals surface area (Å²) in [5.41, 5.74) is 0.712. The van der Waals surface area contributed by atoms with Crippen molar-refractivity contribution in [1.29, 1.82) is 0 Å². The zero-order valence-electron chi connectivity index (χ0n) is 13.4. The predicted octanol–water partition coefficient (Wildman–Crippen LogP) is 3.83. The molecule has 1 heterocycles. The van der Waals surface area contributed by atoms with Crippen LogP contribution in [0, 0.1) is 11.8 Å². The minimum Gasteiger partial charge on any atom is -0.338 e. The van der Waals surface area contributed by atoms with Crippen molar-refractivity contribution in [3.63, 3.8) is 0 Å². The highest BCUT2D eigenvalue weighted by molar-refractivity contribution is 6.30. The summed E-state index contributed by atoms with van der Waals surface area (Å²) < 4.78 is 0. The molecule has 122 valence electrons. The Balaban J connectivity index is 1.63. The third kappa shape index (κ3) is 5.85. The molecule has 22 heavy (non-hydrogen) atoms. The Labute approximate surface area is 138 Å². The largest absolute Gasteiger partial charge is 0.338 e. The number of nitrogens with zero attached hydrogens (tertiary/aromatic N) is 1. The first kappa shape index (κ1) is 17.1. The van der Waals surface area contributed by atoms with E-state index in [1.165, 1.54) is 19.5 Å². The summed E-state index contributed by atoms with van der Waals surface area (Å²) in [4.78, 5) is 14.3. The summed E-state index contributed by atoms with van der Waals surface area (Å²) >= 11 is 5.89. The van der Waals surface area contributed by atoms with Gasteiger partial charge >= 0.3 is 6.03 Å². The molecule has 1 aliphatic heterocycles. The van der Waals surface area contributed by atoms with Crippen molar-refractivity contribution in [2.45, 2.75) is 26.7 Å². The molecule has 2 amide bonds. The first-order chi connectivity index (χ1) is 10.5. The SMILES string of the molecule is C[C@@H]1C[C@@H](C)CN(CCCNC(=O)Nc2cccc(Cl)c2)C1. The number of piperidine rings is 1. The van der Waals surface area contributed by atoms with E-state index in [0.29, 0.717) is 17.3 Å². The van der Waals surface area contributed by atoms with Crippen LogP contribution in [0.5, 0.6) is 0 Å². The van der Waals surface area contributed by atoms with E-state index in [1.807, 2.05) is 12.1 Å². The van der Waals surface area contributed by atoms with Crippen LogP contribution in [0.4, 0.5) is 10.5 Å². The number of carbonyl (C=O) groups excluding carboxylic acids is 1. The van der Waals surface area contributed by atoms with Crippen LogP contribution in [0.2, 0.25) is 5.02 Å². The van der Waals surface area contributed by atoms with Crippen molar-refractivity contribution in [2.24, 2.45) is 11.8 Å². The van der Waals surface area contributed by atoms with Gasteiger partial charge in [0.2, 0.25) is 0 Å². The molecule has 4 nitrogen and oxygen atoms in total. The topological polar surface area (TPSA) is 44.4 Å². The highest BCUT2D eigenvalue weighted by Crippen LogP contribution is 2.20. The number of hydrogen-bond donors (Lipinski definition) is 2. The van der Waals surface area contributed by atoms with E-state index in [0.717, 1.165) is 24.8 Å². The number of rotatable bonds is 5. The molecule has 0 unspecified atom stereocenters. The normalized spacial score (nSPS) is 22.3. The molecule has 2 N–H and O–H groups in total. The number of likely N-dealkylation sites (tertiary alicyclic amines) is 1. The van der Waals surface area contributed by atoms with E-state index in [1.54, 1.807) is 12.1 Å². The van der Waals surface area contributed by atoms with E-state index in [-0.39, 0.29) is 6.03 Å². The van der Waals surface area contributed by atoms with Crippen molar-refractivity contribution in [2.75, 3.05) is 31.5 Å². The zero-order valence-corrected chi connectivity index (χ0v) is 14.2. The van der Waals surface area contributed by atoms with Gasteiger partial charge < -0.3 is 15.5 Å². The lowest BCUT2D eigenvalue weighted by Crippen LogP contribution is -2.40. The van der Waals surface area contributed by atoms with Crippen LogP contribution >= 0.6 is 11.6 Å². The van der Waals surface area contributed by atoms with Gasteiger partial charge in [0.25, 0.3) is 0 Å². The monoisotopic (exact) mass is 323 g/mol. The summed E-state index contributed by atoms with van der Waals surface area (Å²) in [7, 11) is 0. The van der Waals surface area contributed by atoms with Crippen molar-refractivity contribution in [3.8, 4) is 0 Å². The molecule has 2 atom stereocenters. The third-order valence-electron chi connectivity index (χ3n) is 3.96. The molecular weight excluding hydrogens is 298 g/mol. The maximum atomic E-state index is 11.8. The fraction of sp³-hybridized carbons (Fsp3) is 0.588. The van der Waals surface area contributed by atoms with Gasteiger partial charge in [0.05, 0.1) is 0 Å². The quantitative estimate of drug-likeness (QED) is 0.809. The van der Waals surface area contributed by atoms with Crippen molar-refractivity contribution in [3.05, 3.63) is 29.3 Å². The first-order valence-corrected chi connectivity index (χ1v) is 8.43. The Kier molecular flexibility index (Phi) is 6.52. The number of benzene rings is 1. The van der Waals surface area contributed by atoms with Crippen LogP contribution in [-0.2, 0) is 0 Å². The Bertz CT molecular complexity index is 485. The number of anilines is 1. The highest BCUT2D eigenvalue weighted by Gasteiger charge is 2.20. The number of urea groups is 1. The van der Waals surface area contributed by atoms with Gasteiger partial charge in [-0.2, -0.15) is 0 Å². The van der Waals surface area contributed by atoms with Crippen LogP contribution < -0.4 is 10.6 Å². The number of amides is 2. The molecule has 1 aliphatic rings. The highest BCUT2D eigenvalue weighted by atomic mass is 35.5. The number of halogens is 1. The third-order valence-corrected chi connectivity index (χ3v) is 4.20. The van der Waals surface area contributed by atoms with Crippen molar-refractivity contribution in [1.82, 2.24) is 10.2 Å². The predicted molar refractivity (Wildman–Crippen MR) is 92.5 cm³/mol. The Morgan fingerprint density at radius 1 is 1.32 bits per heavy atom. The van der Waals surface area contributed by atoms with E-state index in [2.05, 4.69) is 29.4 Å². The van der Waals surface area contributed by atoms with Gasteiger partial charge in [0.1, 0.15) is 0 Å². The summed E-state index contributed by atoms with van der Waals surface area (Å²) in [5, 5.41) is 6.30. The van der Waals surface area contributed by atoms with Crippen LogP contribution in [0.25, 0.3) is 0 Å². The Morgan fingerprint density at radius 2 is 2.05 bits per heavy atom. The minimum atomic E-state index is -0.178. The summed E-state index contributed by atoms with van der Waals surface area (Å²) in [6.45, 7) is 8.73. The summed E-state index contributed by atoms with van der Waals surface area (Å²) in [6.07, 6.45) is 2.30. The molecule has 2 rings (SSSR count). The average molecular weight is 324 g/mol. The molecule has 0 radical (unpaired) electrons. The Morgan fingerprint density at radius 3 is 2.73 bits per heavy atom. The molecule has 0 saturated carbocycles. The number of nitrogens with one attached hydrogen (secondary N) is 2. The van der Waals surface area contributed by atoms with Gasteiger partial charge in [-0.3, -0.25) is 0 Å². The maximum absolute atomic E-state index is 11.8. The zero-order chi connectivity index (χ0) is 15.9.